The monoisotopic (exact) mass is 230 g/mol. The highest BCUT2D eigenvalue weighted by molar-refractivity contribution is 4.75. The zero-order valence-corrected chi connectivity index (χ0v) is 11.8. The molecule has 0 spiro atoms. The predicted octanol–water partition coefficient (Wildman–Crippen LogP) is 2.12. The van der Waals surface area contributed by atoms with Crippen molar-refractivity contribution in [3.05, 3.63) is 0 Å². The van der Waals surface area contributed by atoms with Gasteiger partial charge in [-0.05, 0) is 60.3 Å². The molecule has 0 aliphatic rings. The van der Waals surface area contributed by atoms with Crippen LogP contribution >= 0.6 is 0 Å². The van der Waals surface area contributed by atoms with E-state index in [0.717, 1.165) is 32.7 Å². The number of nitrogens with zero attached hydrogens (tertiary/aromatic N) is 1. The van der Waals surface area contributed by atoms with Crippen LogP contribution in [-0.4, -0.2) is 50.8 Å². The molecule has 3 nitrogen and oxygen atoms in total. The topological polar surface area (TPSA) is 24.5 Å². The van der Waals surface area contributed by atoms with Crippen LogP contribution in [0.4, 0.5) is 0 Å². The Morgan fingerprint density at radius 2 is 1.81 bits per heavy atom. The van der Waals surface area contributed by atoms with Gasteiger partial charge in [0.05, 0.1) is 6.61 Å². The van der Waals surface area contributed by atoms with E-state index in [4.69, 9.17) is 4.74 Å². The molecule has 0 unspecified atom stereocenters. The maximum absolute atomic E-state index is 5.70. The Hall–Kier alpha value is -0.120. The van der Waals surface area contributed by atoms with Gasteiger partial charge in [-0.3, -0.25) is 0 Å². The van der Waals surface area contributed by atoms with Crippen molar-refractivity contribution in [1.29, 1.82) is 0 Å². The van der Waals surface area contributed by atoms with Gasteiger partial charge in [-0.25, -0.2) is 0 Å². The fraction of sp³-hybridized carbons (Fsp3) is 1.00. The number of likely N-dealkylation sites (N-methyl/N-ethyl adjacent to an activating group) is 1. The summed E-state index contributed by atoms with van der Waals surface area (Å²) in [6.45, 7) is 10.5. The van der Waals surface area contributed by atoms with Gasteiger partial charge in [0.2, 0.25) is 0 Å². The Kier molecular flexibility index (Phi) is 8.90. The molecule has 0 amide bonds. The van der Waals surface area contributed by atoms with E-state index >= 15 is 0 Å². The molecule has 0 aliphatic carbocycles. The lowest BCUT2D eigenvalue weighted by Gasteiger charge is -2.32. The lowest BCUT2D eigenvalue weighted by Crippen LogP contribution is -2.42. The second-order valence-electron chi connectivity index (χ2n) is 5.22. The summed E-state index contributed by atoms with van der Waals surface area (Å²) in [5, 5.41) is 3.40. The second kappa shape index (κ2) is 8.97. The van der Waals surface area contributed by atoms with Crippen LogP contribution < -0.4 is 5.32 Å². The van der Waals surface area contributed by atoms with E-state index in [1.165, 1.54) is 12.8 Å². The molecule has 1 N–H and O–H groups in total. The SMILES string of the molecule is CCCNCCCCOCC(C)(C)N(C)C. The van der Waals surface area contributed by atoms with Crippen LogP contribution in [0.5, 0.6) is 0 Å². The first-order valence-electron chi connectivity index (χ1n) is 6.46. The molecule has 0 aliphatic heterocycles. The fourth-order valence-corrected chi connectivity index (χ4v) is 1.21. The van der Waals surface area contributed by atoms with Crippen molar-refractivity contribution >= 4 is 0 Å². The van der Waals surface area contributed by atoms with E-state index in [1.54, 1.807) is 0 Å². The molecule has 0 aromatic carbocycles. The van der Waals surface area contributed by atoms with Crippen LogP contribution in [0, 0.1) is 0 Å². The molecule has 0 rings (SSSR count). The van der Waals surface area contributed by atoms with E-state index in [-0.39, 0.29) is 5.54 Å². The normalized spacial score (nSPS) is 12.4. The third-order valence-corrected chi connectivity index (χ3v) is 2.98. The Labute approximate surface area is 102 Å². The summed E-state index contributed by atoms with van der Waals surface area (Å²) in [6.07, 6.45) is 3.58. The molecule has 3 heteroatoms. The Bertz CT molecular complexity index is 158. The fourth-order valence-electron chi connectivity index (χ4n) is 1.21. The van der Waals surface area contributed by atoms with Gasteiger partial charge in [-0.1, -0.05) is 6.92 Å². The van der Waals surface area contributed by atoms with Crippen LogP contribution in [-0.2, 0) is 4.74 Å². The predicted molar refractivity (Wildman–Crippen MR) is 71.0 cm³/mol. The minimum atomic E-state index is 0.139. The summed E-state index contributed by atoms with van der Waals surface area (Å²) in [5.41, 5.74) is 0.139. The van der Waals surface area contributed by atoms with Crippen molar-refractivity contribution < 1.29 is 4.74 Å². The number of hydrogen-bond donors (Lipinski definition) is 1. The van der Waals surface area contributed by atoms with Gasteiger partial charge in [0.25, 0.3) is 0 Å². The standard InChI is InChI=1S/C13H30N2O/c1-6-9-14-10-7-8-11-16-12-13(2,3)15(4)5/h14H,6-12H2,1-5H3. The van der Waals surface area contributed by atoms with Gasteiger partial charge < -0.3 is 15.0 Å². The van der Waals surface area contributed by atoms with Gasteiger partial charge in [0.1, 0.15) is 0 Å². The van der Waals surface area contributed by atoms with Crippen molar-refractivity contribution in [3.8, 4) is 0 Å². The van der Waals surface area contributed by atoms with Crippen LogP contribution in [0.2, 0.25) is 0 Å². The summed E-state index contributed by atoms with van der Waals surface area (Å²) >= 11 is 0. The van der Waals surface area contributed by atoms with Gasteiger partial charge >= 0.3 is 0 Å². The molecule has 0 saturated carbocycles. The van der Waals surface area contributed by atoms with Gasteiger partial charge in [0, 0.05) is 12.1 Å². The first kappa shape index (κ1) is 15.9. The van der Waals surface area contributed by atoms with Gasteiger partial charge in [-0.15, -0.1) is 0 Å². The molecule has 0 atom stereocenters. The molecule has 0 fully saturated rings. The quantitative estimate of drug-likeness (QED) is 0.582. The average Bonchev–Trinajstić information content (AvgIpc) is 2.21. The molecule has 0 bridgehead atoms. The van der Waals surface area contributed by atoms with Crippen LogP contribution in [0.15, 0.2) is 0 Å². The zero-order chi connectivity index (χ0) is 12.4. The highest BCUT2D eigenvalue weighted by atomic mass is 16.5. The molecule has 98 valence electrons. The highest BCUT2D eigenvalue weighted by Gasteiger charge is 2.19. The maximum atomic E-state index is 5.70. The number of nitrogens with one attached hydrogen (secondary N) is 1. The van der Waals surface area contributed by atoms with Crippen LogP contribution in [0.1, 0.15) is 40.0 Å². The van der Waals surface area contributed by atoms with Crippen molar-refractivity contribution in [2.24, 2.45) is 0 Å². The molecule has 16 heavy (non-hydrogen) atoms. The number of hydrogen-bond acceptors (Lipinski definition) is 3. The third kappa shape index (κ3) is 8.08. The average molecular weight is 230 g/mol. The Morgan fingerprint density at radius 3 is 2.38 bits per heavy atom. The Morgan fingerprint density at radius 1 is 1.12 bits per heavy atom. The first-order chi connectivity index (χ1) is 7.50. The minimum absolute atomic E-state index is 0.139. The lowest BCUT2D eigenvalue weighted by atomic mass is 10.1. The Balaban J connectivity index is 3.27. The summed E-state index contributed by atoms with van der Waals surface area (Å²) in [5.74, 6) is 0. The van der Waals surface area contributed by atoms with E-state index < -0.39 is 0 Å². The largest absolute Gasteiger partial charge is 0.380 e. The molecular formula is C13H30N2O. The van der Waals surface area contributed by atoms with Crippen molar-refractivity contribution in [2.75, 3.05) is 40.4 Å². The summed E-state index contributed by atoms with van der Waals surface area (Å²) in [7, 11) is 4.19. The van der Waals surface area contributed by atoms with E-state index in [2.05, 4.69) is 45.1 Å². The minimum Gasteiger partial charge on any atom is -0.380 e. The zero-order valence-electron chi connectivity index (χ0n) is 11.8. The third-order valence-electron chi connectivity index (χ3n) is 2.98. The first-order valence-corrected chi connectivity index (χ1v) is 6.46. The van der Waals surface area contributed by atoms with Crippen molar-refractivity contribution in [3.63, 3.8) is 0 Å². The van der Waals surface area contributed by atoms with E-state index in [0.29, 0.717) is 0 Å². The summed E-state index contributed by atoms with van der Waals surface area (Å²) in [6, 6.07) is 0. The molecular weight excluding hydrogens is 200 g/mol. The number of ether oxygens (including phenoxy) is 1. The summed E-state index contributed by atoms with van der Waals surface area (Å²) in [4.78, 5) is 2.20. The van der Waals surface area contributed by atoms with Crippen LogP contribution in [0.3, 0.4) is 0 Å². The molecule has 0 heterocycles. The van der Waals surface area contributed by atoms with Gasteiger partial charge in [-0.2, -0.15) is 0 Å². The maximum Gasteiger partial charge on any atom is 0.0644 e. The molecule has 0 radical (unpaired) electrons. The summed E-state index contributed by atoms with van der Waals surface area (Å²) < 4.78 is 5.70. The highest BCUT2D eigenvalue weighted by Crippen LogP contribution is 2.10. The lowest BCUT2D eigenvalue weighted by molar-refractivity contribution is 0.0347. The molecule has 0 saturated heterocycles. The number of unbranched alkanes of at least 4 members (excludes halogenated alkanes) is 1. The smallest absolute Gasteiger partial charge is 0.0644 e. The van der Waals surface area contributed by atoms with Crippen molar-refractivity contribution in [1.82, 2.24) is 10.2 Å². The van der Waals surface area contributed by atoms with Crippen LogP contribution in [0.25, 0.3) is 0 Å². The van der Waals surface area contributed by atoms with E-state index in [9.17, 15) is 0 Å². The molecule has 0 aromatic rings. The van der Waals surface area contributed by atoms with E-state index in [1.807, 2.05) is 0 Å². The second-order valence-corrected chi connectivity index (χ2v) is 5.22. The van der Waals surface area contributed by atoms with Crippen molar-refractivity contribution in [2.45, 2.75) is 45.6 Å². The van der Waals surface area contributed by atoms with Gasteiger partial charge in [0.15, 0.2) is 0 Å². The number of rotatable bonds is 10. The molecule has 0 aromatic heterocycles.